The lowest BCUT2D eigenvalue weighted by Crippen LogP contribution is -2.55. The average Bonchev–Trinajstić information content (AvgIpc) is 2.92. The summed E-state index contributed by atoms with van der Waals surface area (Å²) in [6.07, 6.45) is 1.34. The molecule has 0 spiro atoms. The molecule has 0 bridgehead atoms. The molecular weight excluding hydrogens is 238 g/mol. The molecule has 2 N–H and O–H groups in total. The molecule has 0 aliphatic carbocycles. The first-order valence-electron chi connectivity index (χ1n) is 5.76. The maximum absolute atomic E-state index is 12.1. The van der Waals surface area contributed by atoms with E-state index < -0.39 is 6.04 Å². The van der Waals surface area contributed by atoms with Crippen molar-refractivity contribution >= 4 is 11.8 Å². The molecule has 18 heavy (non-hydrogen) atoms. The standard InChI is InChI=1S/C10H15N5O3/c1-2-11-9(16)8-6-18-4-3-15(8)10(17)7-5-12-14-13-7/h5,8H,2-4,6H2,1H3,(H,11,16)(H,12,13,14). The minimum Gasteiger partial charge on any atom is -0.377 e. The molecule has 2 rings (SSSR count). The van der Waals surface area contributed by atoms with E-state index in [-0.39, 0.29) is 24.1 Å². The molecule has 8 heteroatoms. The Morgan fingerprint density at radius 3 is 3.17 bits per heavy atom. The number of carbonyl (C=O) groups is 2. The molecule has 1 atom stereocenters. The van der Waals surface area contributed by atoms with Crippen molar-refractivity contribution in [1.29, 1.82) is 0 Å². The number of amides is 2. The second-order valence-corrected chi connectivity index (χ2v) is 3.84. The summed E-state index contributed by atoms with van der Waals surface area (Å²) >= 11 is 0. The molecule has 98 valence electrons. The number of rotatable bonds is 3. The molecule has 1 aliphatic rings. The molecule has 2 amide bonds. The third kappa shape index (κ3) is 2.48. The molecule has 0 saturated carbocycles. The van der Waals surface area contributed by atoms with Gasteiger partial charge in [0.25, 0.3) is 5.91 Å². The van der Waals surface area contributed by atoms with Crippen LogP contribution in [-0.4, -0.2) is 64.5 Å². The zero-order valence-electron chi connectivity index (χ0n) is 10.0. The van der Waals surface area contributed by atoms with Crippen LogP contribution in [0.4, 0.5) is 0 Å². The summed E-state index contributed by atoms with van der Waals surface area (Å²) in [6, 6.07) is -0.608. The Morgan fingerprint density at radius 1 is 1.67 bits per heavy atom. The van der Waals surface area contributed by atoms with Crippen molar-refractivity contribution in [2.75, 3.05) is 26.3 Å². The van der Waals surface area contributed by atoms with Gasteiger partial charge in [-0.25, -0.2) is 0 Å². The van der Waals surface area contributed by atoms with Gasteiger partial charge in [-0.15, -0.1) is 0 Å². The van der Waals surface area contributed by atoms with Crippen molar-refractivity contribution in [2.24, 2.45) is 0 Å². The van der Waals surface area contributed by atoms with Gasteiger partial charge >= 0.3 is 0 Å². The van der Waals surface area contributed by atoms with Gasteiger partial charge in [0.05, 0.1) is 19.4 Å². The molecule has 1 aromatic heterocycles. The van der Waals surface area contributed by atoms with Gasteiger partial charge < -0.3 is 15.0 Å². The number of nitrogens with zero attached hydrogens (tertiary/aromatic N) is 3. The maximum Gasteiger partial charge on any atom is 0.276 e. The molecule has 0 aromatic carbocycles. The smallest absolute Gasteiger partial charge is 0.276 e. The number of likely N-dealkylation sites (N-methyl/N-ethyl adjacent to an activating group) is 1. The Morgan fingerprint density at radius 2 is 2.50 bits per heavy atom. The van der Waals surface area contributed by atoms with Crippen LogP contribution in [0.25, 0.3) is 0 Å². The molecule has 1 fully saturated rings. The number of nitrogens with one attached hydrogen (secondary N) is 2. The Hall–Kier alpha value is -1.96. The minimum atomic E-state index is -0.608. The second kappa shape index (κ2) is 5.58. The van der Waals surface area contributed by atoms with Crippen molar-refractivity contribution in [3.8, 4) is 0 Å². The lowest BCUT2D eigenvalue weighted by Gasteiger charge is -2.33. The van der Waals surface area contributed by atoms with Gasteiger partial charge in [-0.3, -0.25) is 9.59 Å². The predicted octanol–water partition coefficient (Wildman–Crippen LogP) is -1.22. The van der Waals surface area contributed by atoms with Crippen molar-refractivity contribution in [1.82, 2.24) is 25.6 Å². The highest BCUT2D eigenvalue weighted by atomic mass is 16.5. The monoisotopic (exact) mass is 253 g/mol. The largest absolute Gasteiger partial charge is 0.377 e. The zero-order chi connectivity index (χ0) is 13.0. The summed E-state index contributed by atoms with van der Waals surface area (Å²) in [5, 5.41) is 12.4. The van der Waals surface area contributed by atoms with Crippen LogP contribution in [0, 0.1) is 0 Å². The Labute approximate surface area is 104 Å². The number of carbonyl (C=O) groups excluding carboxylic acids is 2. The molecule has 1 unspecified atom stereocenters. The topological polar surface area (TPSA) is 100 Å². The summed E-state index contributed by atoms with van der Waals surface area (Å²) in [6.45, 7) is 3.33. The van der Waals surface area contributed by atoms with E-state index in [0.717, 1.165) is 0 Å². The van der Waals surface area contributed by atoms with Gasteiger partial charge in [0.1, 0.15) is 6.04 Å². The summed E-state index contributed by atoms with van der Waals surface area (Å²) in [7, 11) is 0. The van der Waals surface area contributed by atoms with Crippen molar-refractivity contribution < 1.29 is 14.3 Å². The van der Waals surface area contributed by atoms with Crippen LogP contribution in [0.3, 0.4) is 0 Å². The number of hydrogen-bond acceptors (Lipinski definition) is 5. The third-order valence-electron chi connectivity index (χ3n) is 2.68. The van der Waals surface area contributed by atoms with Gasteiger partial charge in [-0.2, -0.15) is 15.4 Å². The van der Waals surface area contributed by atoms with E-state index in [4.69, 9.17) is 4.74 Å². The van der Waals surface area contributed by atoms with Gasteiger partial charge in [0, 0.05) is 13.1 Å². The van der Waals surface area contributed by atoms with Gasteiger partial charge in [0.2, 0.25) is 5.91 Å². The van der Waals surface area contributed by atoms with E-state index in [2.05, 4.69) is 20.7 Å². The summed E-state index contributed by atoms with van der Waals surface area (Å²) < 4.78 is 5.25. The number of aromatic amines is 1. The Balaban J connectivity index is 2.12. The van der Waals surface area contributed by atoms with Crippen LogP contribution in [0.2, 0.25) is 0 Å². The van der Waals surface area contributed by atoms with E-state index in [9.17, 15) is 9.59 Å². The van der Waals surface area contributed by atoms with E-state index in [1.165, 1.54) is 11.1 Å². The summed E-state index contributed by atoms with van der Waals surface area (Å²) in [5.41, 5.74) is 0.200. The fourth-order valence-corrected chi connectivity index (χ4v) is 1.81. The number of H-pyrrole nitrogens is 1. The highest BCUT2D eigenvalue weighted by Crippen LogP contribution is 2.11. The van der Waals surface area contributed by atoms with Crippen molar-refractivity contribution in [3.05, 3.63) is 11.9 Å². The first-order valence-corrected chi connectivity index (χ1v) is 5.76. The Bertz CT molecular complexity index is 419. The number of hydrogen-bond donors (Lipinski definition) is 2. The number of ether oxygens (including phenoxy) is 1. The fourth-order valence-electron chi connectivity index (χ4n) is 1.81. The van der Waals surface area contributed by atoms with Gasteiger partial charge in [0.15, 0.2) is 5.69 Å². The summed E-state index contributed by atoms with van der Waals surface area (Å²) in [5.74, 6) is -0.530. The predicted molar refractivity (Wildman–Crippen MR) is 60.7 cm³/mol. The lowest BCUT2D eigenvalue weighted by atomic mass is 10.2. The number of aromatic nitrogens is 3. The van der Waals surface area contributed by atoms with Crippen LogP contribution in [0.5, 0.6) is 0 Å². The van der Waals surface area contributed by atoms with Crippen LogP contribution < -0.4 is 5.32 Å². The Kier molecular flexibility index (Phi) is 3.88. The van der Waals surface area contributed by atoms with Crippen molar-refractivity contribution in [2.45, 2.75) is 13.0 Å². The quantitative estimate of drug-likeness (QED) is 0.703. The van der Waals surface area contributed by atoms with E-state index in [1.807, 2.05) is 6.92 Å². The third-order valence-corrected chi connectivity index (χ3v) is 2.68. The molecule has 1 aliphatic heterocycles. The SMILES string of the molecule is CCNC(=O)C1COCCN1C(=O)c1cn[nH]n1. The molecule has 1 saturated heterocycles. The first-order chi connectivity index (χ1) is 8.74. The molecule has 1 aromatic rings. The van der Waals surface area contributed by atoms with E-state index in [0.29, 0.717) is 19.7 Å². The van der Waals surface area contributed by atoms with Crippen LogP contribution >= 0.6 is 0 Å². The number of morpholine rings is 1. The zero-order valence-corrected chi connectivity index (χ0v) is 10.0. The molecule has 8 nitrogen and oxygen atoms in total. The molecule has 0 radical (unpaired) electrons. The van der Waals surface area contributed by atoms with Crippen molar-refractivity contribution in [3.63, 3.8) is 0 Å². The van der Waals surface area contributed by atoms with E-state index in [1.54, 1.807) is 0 Å². The first kappa shape index (κ1) is 12.5. The maximum atomic E-state index is 12.1. The van der Waals surface area contributed by atoms with Crippen LogP contribution in [0.15, 0.2) is 6.20 Å². The van der Waals surface area contributed by atoms with E-state index >= 15 is 0 Å². The normalized spacial score (nSPS) is 19.6. The molecule has 2 heterocycles. The van der Waals surface area contributed by atoms with Gasteiger partial charge in [-0.05, 0) is 6.92 Å². The van der Waals surface area contributed by atoms with Crippen LogP contribution in [-0.2, 0) is 9.53 Å². The minimum absolute atomic E-state index is 0.200. The second-order valence-electron chi connectivity index (χ2n) is 3.84. The highest BCUT2D eigenvalue weighted by Gasteiger charge is 2.33. The lowest BCUT2D eigenvalue weighted by molar-refractivity contribution is -0.130. The van der Waals surface area contributed by atoms with Gasteiger partial charge in [-0.1, -0.05) is 0 Å². The molecular formula is C10H15N5O3. The highest BCUT2D eigenvalue weighted by molar-refractivity contribution is 5.96. The fraction of sp³-hybridized carbons (Fsp3) is 0.600. The van der Waals surface area contributed by atoms with Crippen LogP contribution in [0.1, 0.15) is 17.4 Å². The average molecular weight is 253 g/mol. The summed E-state index contributed by atoms with van der Waals surface area (Å²) in [4.78, 5) is 25.5.